The van der Waals surface area contributed by atoms with E-state index in [2.05, 4.69) is 9.89 Å². The van der Waals surface area contributed by atoms with E-state index in [9.17, 15) is 22.8 Å². The monoisotopic (exact) mass is 397 g/mol. The van der Waals surface area contributed by atoms with Crippen molar-refractivity contribution in [2.45, 2.75) is 13.3 Å². The third kappa shape index (κ3) is 5.00. The summed E-state index contributed by atoms with van der Waals surface area (Å²) in [5, 5.41) is 11.9. The van der Waals surface area contributed by atoms with Crippen LogP contribution in [0.3, 0.4) is 0 Å². The van der Waals surface area contributed by atoms with E-state index in [-0.39, 0.29) is 22.6 Å². The van der Waals surface area contributed by atoms with E-state index in [4.69, 9.17) is 14.4 Å². The predicted molar refractivity (Wildman–Crippen MR) is 92.1 cm³/mol. The highest BCUT2D eigenvalue weighted by Crippen LogP contribution is 2.27. The number of hydrogen-bond donors (Lipinski definition) is 1. The van der Waals surface area contributed by atoms with Crippen LogP contribution in [0, 0.1) is 0 Å². The summed E-state index contributed by atoms with van der Waals surface area (Å²) in [4.78, 5) is 24.1. The van der Waals surface area contributed by atoms with Crippen LogP contribution in [0.15, 0.2) is 51.0 Å². The van der Waals surface area contributed by atoms with E-state index in [1.807, 2.05) is 0 Å². The minimum atomic E-state index is -4.83. The van der Waals surface area contributed by atoms with Crippen LogP contribution < -0.4 is 10.2 Å². The van der Waals surface area contributed by atoms with Crippen molar-refractivity contribution >= 4 is 17.6 Å². The number of Topliss-reactive ketones (excluding diaryl/α,β-unsaturated/α-hetero) is 1. The van der Waals surface area contributed by atoms with Crippen molar-refractivity contribution in [2.24, 2.45) is 5.16 Å². The molecule has 7 nitrogen and oxygen atoms in total. The van der Waals surface area contributed by atoms with Gasteiger partial charge in [0.2, 0.25) is 0 Å². The first-order valence-corrected chi connectivity index (χ1v) is 7.63. The van der Waals surface area contributed by atoms with Crippen LogP contribution in [0.5, 0.6) is 5.75 Å². The molecular formula is C18H14F3NO6. The van der Waals surface area contributed by atoms with Gasteiger partial charge in [-0.2, -0.15) is 0 Å². The minimum absolute atomic E-state index is 0.00361. The number of hydrogen-bond acceptors (Lipinski definition) is 7. The van der Waals surface area contributed by atoms with E-state index in [0.29, 0.717) is 0 Å². The van der Waals surface area contributed by atoms with Gasteiger partial charge in [0, 0.05) is 24.6 Å². The Morgan fingerprint density at radius 3 is 2.39 bits per heavy atom. The average Bonchev–Trinajstić information content (AvgIpc) is 2.61. The van der Waals surface area contributed by atoms with Gasteiger partial charge in [-0.15, -0.1) is 13.2 Å². The van der Waals surface area contributed by atoms with Crippen molar-refractivity contribution in [1.82, 2.24) is 0 Å². The van der Waals surface area contributed by atoms with Gasteiger partial charge < -0.3 is 19.1 Å². The molecule has 0 amide bonds. The fourth-order valence-electron chi connectivity index (χ4n) is 2.25. The molecule has 0 atom stereocenters. The number of methoxy groups -OCH3 is 1. The number of ether oxygens (including phenoxy) is 2. The summed E-state index contributed by atoms with van der Waals surface area (Å²) >= 11 is 0. The molecule has 0 aliphatic heterocycles. The zero-order chi connectivity index (χ0) is 20.9. The highest BCUT2D eigenvalue weighted by atomic mass is 19.4. The molecule has 0 saturated carbocycles. The Morgan fingerprint density at radius 1 is 1.25 bits per heavy atom. The molecule has 1 aromatic heterocycles. The standard InChI is InChI=1S/C18H14F3NO6/c1-10(23)17(22-25)16-13(24)9-15(27-14(16)7-8-26-2)11-3-5-12(6-4-11)28-18(19,20)21/h3-9,25H,1-2H3/b8-7+,22-17?. The van der Waals surface area contributed by atoms with E-state index < -0.39 is 29.0 Å². The van der Waals surface area contributed by atoms with Gasteiger partial charge in [-0.25, -0.2) is 0 Å². The molecule has 0 saturated heterocycles. The Bertz CT molecular complexity index is 974. The maximum Gasteiger partial charge on any atom is 0.573 e. The fraction of sp³-hybridized carbons (Fsp3) is 0.167. The number of ketones is 1. The number of carbonyl (C=O) groups excluding carboxylic acids is 1. The quantitative estimate of drug-likeness (QED) is 0.346. The van der Waals surface area contributed by atoms with Gasteiger partial charge >= 0.3 is 6.36 Å². The van der Waals surface area contributed by atoms with Crippen molar-refractivity contribution < 1.29 is 37.1 Å². The first-order valence-electron chi connectivity index (χ1n) is 7.63. The second-order valence-electron chi connectivity index (χ2n) is 5.33. The molecule has 1 N–H and O–H groups in total. The number of carbonyl (C=O) groups is 1. The Hall–Kier alpha value is -3.56. The summed E-state index contributed by atoms with van der Waals surface area (Å²) in [6, 6.07) is 5.64. The second kappa shape index (κ2) is 8.42. The lowest BCUT2D eigenvalue weighted by atomic mass is 10.0. The third-order valence-corrected chi connectivity index (χ3v) is 3.37. The van der Waals surface area contributed by atoms with Crippen LogP contribution >= 0.6 is 0 Å². The lowest BCUT2D eigenvalue weighted by Gasteiger charge is -2.10. The van der Waals surface area contributed by atoms with Crippen molar-refractivity contribution in [3.8, 4) is 17.1 Å². The van der Waals surface area contributed by atoms with Crippen molar-refractivity contribution in [2.75, 3.05) is 7.11 Å². The maximum atomic E-state index is 12.5. The summed E-state index contributed by atoms with van der Waals surface area (Å²) in [5.74, 6) is -1.25. The van der Waals surface area contributed by atoms with Crippen LogP contribution in [-0.4, -0.2) is 30.2 Å². The molecule has 0 unspecified atom stereocenters. The van der Waals surface area contributed by atoms with Crippen LogP contribution in [0.25, 0.3) is 17.4 Å². The number of benzene rings is 1. The molecule has 0 spiro atoms. The number of alkyl halides is 3. The Kier molecular flexibility index (Phi) is 6.24. The molecule has 0 bridgehead atoms. The summed E-state index contributed by atoms with van der Waals surface area (Å²) < 4.78 is 50.9. The highest BCUT2D eigenvalue weighted by Gasteiger charge is 2.31. The maximum absolute atomic E-state index is 12.5. The largest absolute Gasteiger partial charge is 0.573 e. The summed E-state index contributed by atoms with van der Waals surface area (Å²) in [5.41, 5.74) is -1.22. The van der Waals surface area contributed by atoms with E-state index >= 15 is 0 Å². The first kappa shape index (κ1) is 20.7. The van der Waals surface area contributed by atoms with Gasteiger partial charge in [-0.3, -0.25) is 9.59 Å². The average molecular weight is 397 g/mol. The molecule has 0 fully saturated rings. The smallest absolute Gasteiger partial charge is 0.504 e. The molecule has 1 heterocycles. The Morgan fingerprint density at radius 2 is 1.89 bits per heavy atom. The van der Waals surface area contributed by atoms with Crippen molar-refractivity contribution in [3.05, 3.63) is 58.1 Å². The number of halogens is 3. The zero-order valence-electron chi connectivity index (χ0n) is 14.6. The van der Waals surface area contributed by atoms with Crippen LogP contribution in [0.2, 0.25) is 0 Å². The van der Waals surface area contributed by atoms with Gasteiger partial charge in [0.25, 0.3) is 0 Å². The Balaban J connectivity index is 2.55. The van der Waals surface area contributed by atoms with Gasteiger partial charge in [-0.1, -0.05) is 5.16 Å². The molecule has 2 rings (SSSR count). The van der Waals surface area contributed by atoms with E-state index in [1.165, 1.54) is 31.6 Å². The minimum Gasteiger partial charge on any atom is -0.504 e. The molecule has 0 aliphatic carbocycles. The SMILES string of the molecule is CO/C=C/c1oc(-c2ccc(OC(F)(F)F)cc2)cc(=O)c1C(=NO)C(C)=O. The second-order valence-corrected chi connectivity index (χ2v) is 5.33. The fourth-order valence-corrected chi connectivity index (χ4v) is 2.25. The number of oxime groups is 1. The number of rotatable bonds is 6. The first-order chi connectivity index (χ1) is 13.2. The third-order valence-electron chi connectivity index (χ3n) is 3.37. The molecule has 10 heteroatoms. The topological polar surface area (TPSA) is 98.3 Å². The van der Waals surface area contributed by atoms with Gasteiger partial charge in [0.15, 0.2) is 16.9 Å². The lowest BCUT2D eigenvalue weighted by Crippen LogP contribution is -2.22. The molecular weight excluding hydrogens is 383 g/mol. The molecule has 0 radical (unpaired) electrons. The predicted octanol–water partition coefficient (Wildman–Crippen LogP) is 3.59. The summed E-state index contributed by atoms with van der Waals surface area (Å²) in [7, 11) is 1.34. The lowest BCUT2D eigenvalue weighted by molar-refractivity contribution is -0.274. The molecule has 0 aliphatic rings. The van der Waals surface area contributed by atoms with E-state index in [0.717, 1.165) is 25.1 Å². The zero-order valence-corrected chi connectivity index (χ0v) is 14.6. The van der Waals surface area contributed by atoms with Crippen LogP contribution in [0.4, 0.5) is 13.2 Å². The molecule has 148 valence electrons. The van der Waals surface area contributed by atoms with E-state index in [1.54, 1.807) is 0 Å². The Labute approximate surface area is 156 Å². The number of nitrogens with zero attached hydrogens (tertiary/aromatic N) is 1. The summed E-state index contributed by atoms with van der Waals surface area (Å²) in [6.45, 7) is 1.10. The normalized spacial score (nSPS) is 12.2. The van der Waals surface area contributed by atoms with Gasteiger partial charge in [0.1, 0.15) is 17.3 Å². The molecule has 28 heavy (non-hydrogen) atoms. The molecule has 2 aromatic rings. The highest BCUT2D eigenvalue weighted by molar-refractivity contribution is 6.45. The van der Waals surface area contributed by atoms with Crippen molar-refractivity contribution in [1.29, 1.82) is 0 Å². The summed E-state index contributed by atoms with van der Waals surface area (Å²) in [6.07, 6.45) is -2.43. The molecule has 1 aromatic carbocycles. The van der Waals surface area contributed by atoms with Crippen LogP contribution in [-0.2, 0) is 9.53 Å². The van der Waals surface area contributed by atoms with Crippen LogP contribution in [0.1, 0.15) is 18.2 Å². The van der Waals surface area contributed by atoms with Crippen molar-refractivity contribution in [3.63, 3.8) is 0 Å². The van der Waals surface area contributed by atoms with Gasteiger partial charge in [0.05, 0.1) is 18.9 Å². The van der Waals surface area contributed by atoms with Gasteiger partial charge in [-0.05, 0) is 24.3 Å².